The first kappa shape index (κ1) is 46.9. The molecule has 0 saturated carbocycles. The molecule has 14 atom stereocenters. The second-order valence-corrected chi connectivity index (χ2v) is 18.4. The number of aliphatic hydroxyl groups excluding tert-OH is 4. The summed E-state index contributed by atoms with van der Waals surface area (Å²) >= 11 is 0. The number of hydrogen-bond acceptors (Lipinski definition) is 26. The molecule has 5 aromatic rings. The normalized spacial score (nSPS) is 31.4. The van der Waals surface area contributed by atoms with Crippen molar-refractivity contribution in [2.24, 2.45) is 0 Å². The van der Waals surface area contributed by atoms with Crippen molar-refractivity contribution in [2.75, 3.05) is 37.0 Å². The van der Waals surface area contributed by atoms with Crippen molar-refractivity contribution >= 4 is 63.2 Å². The summed E-state index contributed by atoms with van der Waals surface area (Å²) in [5, 5.41) is 44.2. The summed E-state index contributed by atoms with van der Waals surface area (Å²) in [6, 6.07) is 1.14. The topological polar surface area (TPSA) is 487 Å². The number of fused-ring (bicyclic) bond motifs is 2. The van der Waals surface area contributed by atoms with E-state index in [2.05, 4.69) is 39.4 Å². The first-order chi connectivity index (χ1) is 30.6. The van der Waals surface area contributed by atoms with Crippen LogP contribution in [-0.4, -0.2) is 163 Å². The highest BCUT2D eigenvalue weighted by Gasteiger charge is 2.53. The van der Waals surface area contributed by atoms with Crippen LogP contribution in [0.5, 0.6) is 0 Å². The number of ether oxygens (including phenoxy) is 3. The van der Waals surface area contributed by atoms with Crippen LogP contribution in [0.2, 0.25) is 0 Å². The molecule has 3 aliphatic heterocycles. The molecule has 14 N–H and O–H groups in total. The first-order valence-electron chi connectivity index (χ1n) is 18.5. The van der Waals surface area contributed by atoms with E-state index < -0.39 is 123 Å². The Bertz CT molecular complexity index is 2760. The Kier molecular flexibility index (Phi) is 12.9. The van der Waals surface area contributed by atoms with E-state index in [0.717, 1.165) is 35.8 Å². The second-order valence-electron chi connectivity index (χ2n) is 14.3. The molecule has 2 unspecified atom stereocenters. The third kappa shape index (κ3) is 9.66. The van der Waals surface area contributed by atoms with Crippen LogP contribution in [0.15, 0.2) is 42.4 Å². The van der Waals surface area contributed by atoms with E-state index >= 15 is 0 Å². The summed E-state index contributed by atoms with van der Waals surface area (Å²) < 4.78 is 84.0. The fraction of sp³-hybridized carbons (Fsp3) is 0.517. The quantitative estimate of drug-likeness (QED) is 0.0419. The fourth-order valence-corrected chi connectivity index (χ4v) is 9.40. The molecule has 36 heteroatoms. The Morgan fingerprint density at radius 1 is 0.600 bits per heavy atom. The molecule has 8 rings (SSSR count). The molecule has 0 amide bonds. The zero-order valence-electron chi connectivity index (χ0n) is 32.5. The maximum absolute atomic E-state index is 13.5. The van der Waals surface area contributed by atoms with Crippen molar-refractivity contribution < 1.29 is 90.5 Å². The molecule has 0 bridgehead atoms. The summed E-state index contributed by atoms with van der Waals surface area (Å²) in [6.07, 6.45) is -15.7. The van der Waals surface area contributed by atoms with Gasteiger partial charge in [0.25, 0.3) is 0 Å². The molecular weight excluding hydrogens is 943 g/mol. The summed E-state index contributed by atoms with van der Waals surface area (Å²) in [5.74, 6) is -0.287. The maximum atomic E-state index is 13.5. The van der Waals surface area contributed by atoms with Gasteiger partial charge in [0.2, 0.25) is 0 Å². The van der Waals surface area contributed by atoms with E-state index in [1.165, 1.54) is 10.9 Å². The monoisotopic (exact) mass is 981 g/mol. The van der Waals surface area contributed by atoms with Gasteiger partial charge in [0.05, 0.1) is 32.5 Å². The summed E-state index contributed by atoms with van der Waals surface area (Å²) in [7, 11) is -16.1. The van der Waals surface area contributed by atoms with Gasteiger partial charge in [0.15, 0.2) is 41.6 Å². The minimum Gasteiger partial charge on any atom is -0.387 e. The molecule has 65 heavy (non-hydrogen) atoms. The molecule has 5 aromatic heterocycles. The van der Waals surface area contributed by atoms with Crippen LogP contribution in [0, 0.1) is 0 Å². The van der Waals surface area contributed by atoms with Gasteiger partial charge in [0.1, 0.15) is 84.4 Å². The fourth-order valence-electron chi connectivity index (χ4n) is 7.13. The standard InChI is InChI=1S/C29H38N13O20P3/c30-13-1-2-40(29(47)39-13)27-18(45)21(62-64(51,52)56-3-10-16(43)17(44)26(58-10)41-8-37-14-22(31)33-6-35-24(14)41)12(59-27)5-57-65(53,54)61-20-11(4-55-63(48,49)50)60-28(19(20)46)42-9-38-15-23(32)34-7-36-25(15)42/h1-2,6-12,16-21,26-28,43-46H,3-5H2,(H,51,52)(H,53,54)(H2,30,39,47)(H2,31,33,35)(H2,32,34,36)(H2,48,49,50)/t10-,11-,12-,16-,17-,18-,19-,20-,21-,26-,27-,28-/m1/s1. The predicted octanol–water partition coefficient (Wildman–Crippen LogP) is -4.08. The van der Waals surface area contributed by atoms with E-state index in [4.69, 9.17) is 49.5 Å². The van der Waals surface area contributed by atoms with Gasteiger partial charge in [-0.25, -0.2) is 48.4 Å². The number of hydrogen-bond donors (Lipinski definition) is 11. The number of nitrogens with two attached hydrogens (primary N) is 3. The number of aromatic nitrogens is 10. The minimum absolute atomic E-state index is 0.00872. The van der Waals surface area contributed by atoms with Crippen LogP contribution < -0.4 is 22.9 Å². The zero-order valence-corrected chi connectivity index (χ0v) is 35.2. The zero-order chi connectivity index (χ0) is 46.7. The smallest absolute Gasteiger partial charge is 0.387 e. The number of phosphoric ester groups is 3. The third-order valence-electron chi connectivity index (χ3n) is 10.1. The number of nitrogen functional groups attached to an aromatic ring is 3. The van der Waals surface area contributed by atoms with E-state index in [9.17, 15) is 58.5 Å². The number of imidazole rings is 2. The molecule has 0 aromatic carbocycles. The number of aliphatic hydroxyl groups is 4. The summed E-state index contributed by atoms with van der Waals surface area (Å²) in [5.41, 5.74) is 16.5. The van der Waals surface area contributed by atoms with Gasteiger partial charge in [0, 0.05) is 6.20 Å². The van der Waals surface area contributed by atoms with E-state index in [-0.39, 0.29) is 39.8 Å². The van der Waals surface area contributed by atoms with Gasteiger partial charge < -0.3 is 71.4 Å². The average Bonchev–Trinajstić information content (AvgIpc) is 4.05. The molecule has 33 nitrogen and oxygen atoms in total. The molecular formula is C29H38N13O20P3. The number of rotatable bonds is 16. The lowest BCUT2D eigenvalue weighted by atomic mass is 10.1. The average molecular weight is 982 g/mol. The Labute approximate surface area is 360 Å². The van der Waals surface area contributed by atoms with Gasteiger partial charge in [-0.3, -0.25) is 36.3 Å². The predicted molar refractivity (Wildman–Crippen MR) is 207 cm³/mol. The van der Waals surface area contributed by atoms with Gasteiger partial charge in [-0.05, 0) is 6.07 Å². The van der Waals surface area contributed by atoms with E-state index in [1.54, 1.807) is 0 Å². The number of phosphoric acid groups is 3. The molecule has 3 saturated heterocycles. The lowest BCUT2D eigenvalue weighted by molar-refractivity contribution is -0.0631. The molecule has 0 aliphatic carbocycles. The van der Waals surface area contributed by atoms with Gasteiger partial charge in [-0.2, -0.15) is 4.98 Å². The van der Waals surface area contributed by atoms with Crippen molar-refractivity contribution in [3.05, 3.63) is 48.1 Å². The van der Waals surface area contributed by atoms with Crippen molar-refractivity contribution in [3.63, 3.8) is 0 Å². The second kappa shape index (κ2) is 17.9. The first-order valence-corrected chi connectivity index (χ1v) is 23.0. The van der Waals surface area contributed by atoms with E-state index in [1.807, 2.05) is 0 Å². The highest BCUT2D eigenvalue weighted by atomic mass is 31.2. The summed E-state index contributed by atoms with van der Waals surface area (Å²) in [4.78, 5) is 80.6. The van der Waals surface area contributed by atoms with Crippen LogP contribution in [-0.2, 0) is 50.5 Å². The number of anilines is 3. The molecule has 3 aliphatic rings. The Hall–Kier alpha value is -4.57. The molecule has 354 valence electrons. The van der Waals surface area contributed by atoms with Crippen molar-refractivity contribution in [1.29, 1.82) is 0 Å². The van der Waals surface area contributed by atoms with Crippen molar-refractivity contribution in [1.82, 2.24) is 48.6 Å². The Balaban J connectivity index is 0.982. The van der Waals surface area contributed by atoms with Crippen LogP contribution >= 0.6 is 23.5 Å². The maximum Gasteiger partial charge on any atom is 0.472 e. The summed E-state index contributed by atoms with van der Waals surface area (Å²) in [6.45, 7) is -3.12. The van der Waals surface area contributed by atoms with Crippen LogP contribution in [0.3, 0.4) is 0 Å². The highest BCUT2D eigenvalue weighted by molar-refractivity contribution is 7.47. The molecule has 0 radical (unpaired) electrons. The Morgan fingerprint density at radius 2 is 1.05 bits per heavy atom. The SMILES string of the molecule is Nc1ccn([C@@H]2O[C@H](COP(=O)(O)O[C@H]3[C@@H](O)[C@H](n4cnc5c(N)ncnc54)O[C@@H]3COP(=O)(O)O)[C@@H](OP(=O)(O)OC[C@H]3O[C@@H](n4cnc5c(N)ncnc54)[C@H](O)[C@@H]3O)[C@H]2O)c(=O)n1. The van der Waals surface area contributed by atoms with Gasteiger partial charge in [-0.1, -0.05) is 0 Å². The van der Waals surface area contributed by atoms with Gasteiger partial charge >= 0.3 is 29.2 Å². The number of nitrogens with zero attached hydrogens (tertiary/aromatic N) is 10. The van der Waals surface area contributed by atoms with Crippen molar-refractivity contribution in [2.45, 2.75) is 73.6 Å². The third-order valence-corrected chi connectivity index (χ3v) is 12.6. The minimum atomic E-state index is -5.51. The highest BCUT2D eigenvalue weighted by Crippen LogP contribution is 2.52. The lowest BCUT2D eigenvalue weighted by Gasteiger charge is -2.26. The van der Waals surface area contributed by atoms with Crippen LogP contribution in [0.25, 0.3) is 22.3 Å². The lowest BCUT2D eigenvalue weighted by Crippen LogP contribution is -2.38. The largest absolute Gasteiger partial charge is 0.472 e. The van der Waals surface area contributed by atoms with E-state index in [0.29, 0.717) is 4.57 Å². The van der Waals surface area contributed by atoms with Crippen LogP contribution in [0.1, 0.15) is 18.7 Å². The van der Waals surface area contributed by atoms with Gasteiger partial charge in [-0.15, -0.1) is 0 Å². The van der Waals surface area contributed by atoms with Crippen LogP contribution in [0.4, 0.5) is 17.5 Å². The molecule has 0 spiro atoms. The van der Waals surface area contributed by atoms with Crippen molar-refractivity contribution in [3.8, 4) is 0 Å². The Morgan fingerprint density at radius 3 is 1.54 bits per heavy atom. The molecule has 3 fully saturated rings. The molecule has 8 heterocycles.